The van der Waals surface area contributed by atoms with E-state index < -0.39 is 0 Å². The van der Waals surface area contributed by atoms with E-state index in [9.17, 15) is 0 Å². The van der Waals surface area contributed by atoms with Gasteiger partial charge in [0.05, 0.1) is 11.8 Å². The van der Waals surface area contributed by atoms with Gasteiger partial charge < -0.3 is 10.1 Å². The van der Waals surface area contributed by atoms with Gasteiger partial charge in [-0.25, -0.2) is 0 Å². The van der Waals surface area contributed by atoms with E-state index in [4.69, 9.17) is 4.74 Å². The highest BCUT2D eigenvalue weighted by Gasteiger charge is 2.25. The van der Waals surface area contributed by atoms with Crippen LogP contribution < -0.4 is 5.32 Å². The molecule has 1 saturated heterocycles. The van der Waals surface area contributed by atoms with Crippen LogP contribution in [0.1, 0.15) is 24.2 Å². The SMILES string of the molecule is CNC(Cc1cc(C)nn1C)C1CCCO1. The second-order valence-electron chi connectivity index (χ2n) is 4.55. The standard InChI is InChI=1S/C12H21N3O/c1-9-7-10(15(3)14-9)8-11(13-2)12-5-4-6-16-12/h7,11-13H,4-6,8H2,1-3H3. The number of likely N-dealkylation sites (N-methyl/N-ethyl adjacent to an activating group) is 1. The van der Waals surface area contributed by atoms with Crippen LogP contribution in [0.5, 0.6) is 0 Å². The van der Waals surface area contributed by atoms with Gasteiger partial charge in [-0.15, -0.1) is 0 Å². The molecular formula is C12H21N3O. The van der Waals surface area contributed by atoms with E-state index in [0.717, 1.165) is 18.7 Å². The summed E-state index contributed by atoms with van der Waals surface area (Å²) in [6.45, 7) is 2.94. The highest BCUT2D eigenvalue weighted by Crippen LogP contribution is 2.18. The number of nitrogens with one attached hydrogen (secondary N) is 1. The van der Waals surface area contributed by atoms with Crippen LogP contribution in [0, 0.1) is 6.92 Å². The second-order valence-corrected chi connectivity index (χ2v) is 4.55. The van der Waals surface area contributed by atoms with Gasteiger partial charge in [0, 0.05) is 31.8 Å². The third-order valence-electron chi connectivity index (χ3n) is 3.31. The van der Waals surface area contributed by atoms with Crippen LogP contribution in [0.25, 0.3) is 0 Å². The average molecular weight is 223 g/mol. The van der Waals surface area contributed by atoms with Gasteiger partial charge in [-0.05, 0) is 32.9 Å². The summed E-state index contributed by atoms with van der Waals surface area (Å²) in [7, 11) is 4.01. The highest BCUT2D eigenvalue weighted by molar-refractivity contribution is 5.10. The van der Waals surface area contributed by atoms with E-state index >= 15 is 0 Å². The van der Waals surface area contributed by atoms with Gasteiger partial charge in [-0.2, -0.15) is 5.10 Å². The van der Waals surface area contributed by atoms with Crippen LogP contribution in [-0.2, 0) is 18.2 Å². The molecule has 2 atom stereocenters. The smallest absolute Gasteiger partial charge is 0.0732 e. The molecule has 2 rings (SSSR count). The molecule has 90 valence electrons. The van der Waals surface area contributed by atoms with Gasteiger partial charge in [0.1, 0.15) is 0 Å². The molecule has 4 heteroatoms. The van der Waals surface area contributed by atoms with Crippen LogP contribution in [-0.4, -0.2) is 35.6 Å². The molecule has 0 saturated carbocycles. The van der Waals surface area contributed by atoms with E-state index in [0.29, 0.717) is 12.1 Å². The van der Waals surface area contributed by atoms with Crippen molar-refractivity contribution in [2.45, 2.75) is 38.3 Å². The molecule has 0 aliphatic carbocycles. The Hall–Kier alpha value is -0.870. The first-order valence-electron chi connectivity index (χ1n) is 5.99. The van der Waals surface area contributed by atoms with Crippen molar-refractivity contribution in [3.63, 3.8) is 0 Å². The molecule has 1 aromatic rings. The zero-order valence-corrected chi connectivity index (χ0v) is 10.4. The maximum atomic E-state index is 5.73. The minimum Gasteiger partial charge on any atom is -0.377 e. The lowest BCUT2D eigenvalue weighted by atomic mass is 10.0. The van der Waals surface area contributed by atoms with E-state index in [1.54, 1.807) is 0 Å². The molecule has 0 bridgehead atoms. The predicted octanol–water partition coefficient (Wildman–Crippen LogP) is 1.04. The molecule has 2 heterocycles. The zero-order valence-electron chi connectivity index (χ0n) is 10.4. The molecule has 1 aliphatic rings. The molecular weight excluding hydrogens is 202 g/mol. The van der Waals surface area contributed by atoms with Crippen molar-refractivity contribution in [3.8, 4) is 0 Å². The highest BCUT2D eigenvalue weighted by atomic mass is 16.5. The van der Waals surface area contributed by atoms with Crippen LogP contribution in [0.2, 0.25) is 0 Å². The number of nitrogens with zero attached hydrogens (tertiary/aromatic N) is 2. The normalized spacial score (nSPS) is 22.6. The lowest BCUT2D eigenvalue weighted by molar-refractivity contribution is 0.0803. The number of rotatable bonds is 4. The Morgan fingerprint density at radius 2 is 2.50 bits per heavy atom. The van der Waals surface area contributed by atoms with E-state index in [1.807, 2.05) is 25.7 Å². The maximum absolute atomic E-state index is 5.73. The molecule has 0 amide bonds. The molecule has 0 spiro atoms. The van der Waals surface area contributed by atoms with Crippen molar-refractivity contribution in [1.82, 2.24) is 15.1 Å². The van der Waals surface area contributed by atoms with Crippen molar-refractivity contribution in [2.75, 3.05) is 13.7 Å². The number of ether oxygens (including phenoxy) is 1. The Balaban J connectivity index is 2.03. The third kappa shape index (κ3) is 2.44. The largest absolute Gasteiger partial charge is 0.377 e. The van der Waals surface area contributed by atoms with Crippen molar-refractivity contribution in [3.05, 3.63) is 17.5 Å². The van der Waals surface area contributed by atoms with Gasteiger partial charge in [0.25, 0.3) is 0 Å². The van der Waals surface area contributed by atoms with Crippen molar-refractivity contribution in [1.29, 1.82) is 0 Å². The molecule has 2 unspecified atom stereocenters. The minimum atomic E-state index is 0.361. The van der Waals surface area contributed by atoms with E-state index in [-0.39, 0.29) is 0 Å². The fraction of sp³-hybridized carbons (Fsp3) is 0.750. The lowest BCUT2D eigenvalue weighted by Crippen LogP contribution is -2.39. The first-order chi connectivity index (χ1) is 7.70. The first kappa shape index (κ1) is 11.6. The first-order valence-corrected chi connectivity index (χ1v) is 5.99. The summed E-state index contributed by atoms with van der Waals surface area (Å²) in [5.41, 5.74) is 2.35. The van der Waals surface area contributed by atoms with Crippen LogP contribution in [0.4, 0.5) is 0 Å². The van der Waals surface area contributed by atoms with Gasteiger partial charge >= 0.3 is 0 Å². The fourth-order valence-corrected chi connectivity index (χ4v) is 2.42. The lowest BCUT2D eigenvalue weighted by Gasteiger charge is -2.22. The monoisotopic (exact) mass is 223 g/mol. The maximum Gasteiger partial charge on any atom is 0.0732 e. The molecule has 0 radical (unpaired) electrons. The minimum absolute atomic E-state index is 0.361. The Labute approximate surface area is 97.0 Å². The number of aryl methyl sites for hydroxylation is 2. The molecule has 16 heavy (non-hydrogen) atoms. The van der Waals surface area contributed by atoms with E-state index in [1.165, 1.54) is 18.5 Å². The molecule has 1 N–H and O–H groups in total. The van der Waals surface area contributed by atoms with Crippen LogP contribution >= 0.6 is 0 Å². The molecule has 0 aromatic carbocycles. The third-order valence-corrected chi connectivity index (χ3v) is 3.31. The molecule has 1 fully saturated rings. The second kappa shape index (κ2) is 4.97. The molecule has 1 aromatic heterocycles. The summed E-state index contributed by atoms with van der Waals surface area (Å²) in [4.78, 5) is 0. The summed E-state index contributed by atoms with van der Waals surface area (Å²) < 4.78 is 7.70. The van der Waals surface area contributed by atoms with E-state index in [2.05, 4.69) is 16.5 Å². The Morgan fingerprint density at radius 3 is 3.00 bits per heavy atom. The summed E-state index contributed by atoms with van der Waals surface area (Å²) in [6, 6.07) is 2.55. The Morgan fingerprint density at radius 1 is 1.69 bits per heavy atom. The quantitative estimate of drug-likeness (QED) is 0.829. The van der Waals surface area contributed by atoms with Crippen LogP contribution in [0.15, 0.2) is 6.07 Å². The topological polar surface area (TPSA) is 39.1 Å². The number of hydrogen-bond donors (Lipinski definition) is 1. The van der Waals surface area contributed by atoms with Gasteiger partial charge in [-0.1, -0.05) is 0 Å². The summed E-state index contributed by atoms with van der Waals surface area (Å²) in [5.74, 6) is 0. The molecule has 4 nitrogen and oxygen atoms in total. The number of hydrogen-bond acceptors (Lipinski definition) is 3. The van der Waals surface area contributed by atoms with Gasteiger partial charge in [0.2, 0.25) is 0 Å². The summed E-state index contributed by atoms with van der Waals surface area (Å²) in [5, 5.41) is 7.74. The average Bonchev–Trinajstić information content (AvgIpc) is 2.85. The summed E-state index contributed by atoms with van der Waals surface area (Å²) >= 11 is 0. The molecule has 1 aliphatic heterocycles. The van der Waals surface area contributed by atoms with Crippen molar-refractivity contribution in [2.24, 2.45) is 7.05 Å². The Bertz CT molecular complexity index is 342. The van der Waals surface area contributed by atoms with Crippen LogP contribution in [0.3, 0.4) is 0 Å². The number of aromatic nitrogens is 2. The zero-order chi connectivity index (χ0) is 11.5. The fourth-order valence-electron chi connectivity index (χ4n) is 2.42. The predicted molar refractivity (Wildman–Crippen MR) is 63.5 cm³/mol. The van der Waals surface area contributed by atoms with Crippen molar-refractivity contribution < 1.29 is 4.74 Å². The Kier molecular flexibility index (Phi) is 3.61. The van der Waals surface area contributed by atoms with Crippen molar-refractivity contribution >= 4 is 0 Å². The van der Waals surface area contributed by atoms with Gasteiger partial charge in [0.15, 0.2) is 0 Å². The van der Waals surface area contributed by atoms with Gasteiger partial charge in [-0.3, -0.25) is 4.68 Å². The summed E-state index contributed by atoms with van der Waals surface area (Å²) in [6.07, 6.45) is 3.70.